The van der Waals surface area contributed by atoms with E-state index in [1.54, 1.807) is 6.07 Å². The van der Waals surface area contributed by atoms with Crippen molar-refractivity contribution in [3.05, 3.63) is 21.7 Å². The molecule has 1 rings (SSSR count). The van der Waals surface area contributed by atoms with Crippen molar-refractivity contribution >= 4 is 21.7 Å². The van der Waals surface area contributed by atoms with Crippen molar-refractivity contribution in [1.82, 2.24) is 0 Å². The van der Waals surface area contributed by atoms with Crippen molar-refractivity contribution in [2.45, 2.75) is 20.3 Å². The molecule has 0 heterocycles. The quantitative estimate of drug-likeness (QED) is 0.861. The molecule has 0 aliphatic rings. The monoisotopic (exact) mass is 272 g/mol. The standard InChI is InChI=1S/C11H13BrO3/c1-4-7-5-8(15-3)11(14)9(6(2)13)10(7)12/h5,14H,4H2,1-3H3. The lowest BCUT2D eigenvalue weighted by Crippen LogP contribution is -2.00. The summed E-state index contributed by atoms with van der Waals surface area (Å²) in [7, 11) is 1.46. The molecule has 0 fully saturated rings. The van der Waals surface area contributed by atoms with Gasteiger partial charge < -0.3 is 9.84 Å². The molecule has 82 valence electrons. The van der Waals surface area contributed by atoms with Crippen LogP contribution in [-0.2, 0) is 6.42 Å². The first-order valence-electron chi connectivity index (χ1n) is 4.62. The van der Waals surface area contributed by atoms with Crippen LogP contribution >= 0.6 is 15.9 Å². The van der Waals surface area contributed by atoms with Gasteiger partial charge in [-0.15, -0.1) is 0 Å². The Bertz CT molecular complexity index is 371. The molecule has 15 heavy (non-hydrogen) atoms. The number of hydrogen-bond donors (Lipinski definition) is 1. The first-order chi connectivity index (χ1) is 7.02. The first kappa shape index (κ1) is 12.0. The Morgan fingerprint density at radius 1 is 1.60 bits per heavy atom. The van der Waals surface area contributed by atoms with Gasteiger partial charge in [0.05, 0.1) is 12.7 Å². The smallest absolute Gasteiger partial charge is 0.169 e. The number of benzene rings is 1. The van der Waals surface area contributed by atoms with Crippen molar-refractivity contribution in [3.63, 3.8) is 0 Å². The third kappa shape index (κ3) is 2.15. The average molecular weight is 273 g/mol. The van der Waals surface area contributed by atoms with E-state index in [9.17, 15) is 9.90 Å². The summed E-state index contributed by atoms with van der Waals surface area (Å²) in [5, 5.41) is 9.78. The van der Waals surface area contributed by atoms with E-state index in [0.29, 0.717) is 10.2 Å². The van der Waals surface area contributed by atoms with E-state index in [-0.39, 0.29) is 17.1 Å². The van der Waals surface area contributed by atoms with Gasteiger partial charge in [-0.25, -0.2) is 0 Å². The molecule has 1 N–H and O–H groups in total. The van der Waals surface area contributed by atoms with Crippen LogP contribution in [0.25, 0.3) is 0 Å². The summed E-state index contributed by atoms with van der Waals surface area (Å²) in [5.41, 5.74) is 1.22. The summed E-state index contributed by atoms with van der Waals surface area (Å²) in [6.45, 7) is 3.39. The van der Waals surface area contributed by atoms with Crippen molar-refractivity contribution in [2.75, 3.05) is 7.11 Å². The zero-order valence-electron chi connectivity index (χ0n) is 8.93. The van der Waals surface area contributed by atoms with Gasteiger partial charge in [-0.2, -0.15) is 0 Å². The molecule has 0 saturated carbocycles. The van der Waals surface area contributed by atoms with Crippen LogP contribution in [0, 0.1) is 0 Å². The molecule has 0 saturated heterocycles. The number of halogens is 1. The van der Waals surface area contributed by atoms with Gasteiger partial charge in [0.15, 0.2) is 17.3 Å². The van der Waals surface area contributed by atoms with E-state index in [0.717, 1.165) is 12.0 Å². The van der Waals surface area contributed by atoms with Crippen molar-refractivity contribution < 1.29 is 14.6 Å². The normalized spacial score (nSPS) is 10.1. The fourth-order valence-corrected chi connectivity index (χ4v) is 2.27. The fraction of sp³-hybridized carbons (Fsp3) is 0.364. The number of ketones is 1. The lowest BCUT2D eigenvalue weighted by atomic mass is 10.0. The summed E-state index contributed by atoms with van der Waals surface area (Å²) < 4.78 is 5.66. The number of aromatic hydroxyl groups is 1. The van der Waals surface area contributed by atoms with Crippen LogP contribution in [0.2, 0.25) is 0 Å². The molecule has 0 aromatic heterocycles. The highest BCUT2D eigenvalue weighted by molar-refractivity contribution is 9.10. The number of methoxy groups -OCH3 is 1. The molecule has 0 spiro atoms. The molecule has 4 heteroatoms. The number of hydrogen-bond acceptors (Lipinski definition) is 3. The van der Waals surface area contributed by atoms with E-state index in [1.807, 2.05) is 6.92 Å². The van der Waals surface area contributed by atoms with Crippen molar-refractivity contribution in [1.29, 1.82) is 0 Å². The Kier molecular flexibility index (Phi) is 3.74. The maximum Gasteiger partial charge on any atom is 0.169 e. The topological polar surface area (TPSA) is 46.5 Å². The highest BCUT2D eigenvalue weighted by atomic mass is 79.9. The molecule has 0 atom stereocenters. The second kappa shape index (κ2) is 4.66. The van der Waals surface area contributed by atoms with Crippen LogP contribution in [0.1, 0.15) is 29.8 Å². The van der Waals surface area contributed by atoms with E-state index >= 15 is 0 Å². The van der Waals surface area contributed by atoms with Gasteiger partial charge in [-0.05, 0) is 40.9 Å². The second-order valence-electron chi connectivity index (χ2n) is 3.19. The molecule has 0 aliphatic carbocycles. The number of rotatable bonds is 3. The van der Waals surface area contributed by atoms with Crippen LogP contribution < -0.4 is 4.74 Å². The number of aryl methyl sites for hydroxylation is 1. The minimum atomic E-state index is -0.187. The molecule has 1 aromatic carbocycles. The Labute approximate surface area is 97.2 Å². The fourth-order valence-electron chi connectivity index (χ4n) is 1.41. The first-order valence-corrected chi connectivity index (χ1v) is 5.41. The van der Waals surface area contributed by atoms with Crippen LogP contribution in [-0.4, -0.2) is 18.0 Å². The number of ether oxygens (including phenoxy) is 1. The molecule has 1 aromatic rings. The zero-order valence-corrected chi connectivity index (χ0v) is 10.5. The highest BCUT2D eigenvalue weighted by Crippen LogP contribution is 2.38. The summed E-state index contributed by atoms with van der Waals surface area (Å²) in [5.74, 6) is 0.0438. The van der Waals surface area contributed by atoms with Crippen molar-refractivity contribution in [2.24, 2.45) is 0 Å². The number of carbonyl (C=O) groups is 1. The number of phenols is 1. The average Bonchev–Trinajstić information content (AvgIpc) is 2.18. The third-order valence-corrected chi connectivity index (χ3v) is 3.14. The van der Waals surface area contributed by atoms with Crippen LogP contribution in [0.3, 0.4) is 0 Å². The number of phenolic OH excluding ortho intramolecular Hbond substituents is 1. The minimum absolute atomic E-state index is 0.103. The largest absolute Gasteiger partial charge is 0.504 e. The van der Waals surface area contributed by atoms with Gasteiger partial charge in [0.25, 0.3) is 0 Å². The van der Waals surface area contributed by atoms with E-state index in [2.05, 4.69) is 15.9 Å². The zero-order chi connectivity index (χ0) is 11.6. The molecular formula is C11H13BrO3. The van der Waals surface area contributed by atoms with Crippen molar-refractivity contribution in [3.8, 4) is 11.5 Å². The summed E-state index contributed by atoms with van der Waals surface area (Å²) in [4.78, 5) is 11.4. The SMILES string of the molecule is CCc1cc(OC)c(O)c(C(C)=O)c1Br. The van der Waals surface area contributed by atoms with Gasteiger partial charge in [-0.1, -0.05) is 6.92 Å². The van der Waals surface area contributed by atoms with Gasteiger partial charge in [0.2, 0.25) is 0 Å². The second-order valence-corrected chi connectivity index (χ2v) is 3.98. The molecule has 0 bridgehead atoms. The summed E-state index contributed by atoms with van der Waals surface area (Å²) >= 11 is 3.32. The van der Waals surface area contributed by atoms with Gasteiger partial charge >= 0.3 is 0 Å². The summed E-state index contributed by atoms with van der Waals surface area (Å²) in [6.07, 6.45) is 0.761. The maximum absolute atomic E-state index is 11.4. The maximum atomic E-state index is 11.4. The molecule has 0 unspecified atom stereocenters. The van der Waals surface area contributed by atoms with E-state index < -0.39 is 0 Å². The molecule has 0 amide bonds. The van der Waals surface area contributed by atoms with Crippen LogP contribution in [0.5, 0.6) is 11.5 Å². The van der Waals surface area contributed by atoms with Crippen LogP contribution in [0.4, 0.5) is 0 Å². The lowest BCUT2D eigenvalue weighted by Gasteiger charge is -2.12. The van der Waals surface area contributed by atoms with Gasteiger partial charge in [0, 0.05) is 4.47 Å². The Balaban J connectivity index is 3.53. The number of Topliss-reactive ketones (excluding diaryl/α,β-unsaturated/α-hetero) is 1. The van der Waals surface area contributed by atoms with Crippen LogP contribution in [0.15, 0.2) is 10.5 Å². The van der Waals surface area contributed by atoms with Gasteiger partial charge in [0.1, 0.15) is 0 Å². The predicted molar refractivity (Wildman–Crippen MR) is 61.7 cm³/mol. The molecular weight excluding hydrogens is 260 g/mol. The highest BCUT2D eigenvalue weighted by Gasteiger charge is 2.18. The minimum Gasteiger partial charge on any atom is -0.504 e. The number of carbonyl (C=O) groups excluding carboxylic acids is 1. The van der Waals surface area contributed by atoms with Gasteiger partial charge in [-0.3, -0.25) is 4.79 Å². The van der Waals surface area contributed by atoms with E-state index in [1.165, 1.54) is 14.0 Å². The third-order valence-electron chi connectivity index (χ3n) is 2.23. The predicted octanol–water partition coefficient (Wildman–Crippen LogP) is 2.93. The lowest BCUT2D eigenvalue weighted by molar-refractivity contribution is 0.101. The van der Waals surface area contributed by atoms with E-state index in [4.69, 9.17) is 4.74 Å². The Hall–Kier alpha value is -1.03. The summed E-state index contributed by atoms with van der Waals surface area (Å²) in [6, 6.07) is 1.73. The molecule has 0 radical (unpaired) electrons. The Morgan fingerprint density at radius 2 is 2.20 bits per heavy atom. The molecule has 0 aliphatic heterocycles. The molecule has 3 nitrogen and oxygen atoms in total. The Morgan fingerprint density at radius 3 is 2.60 bits per heavy atom.